The number of aromatic nitrogens is 2. The number of carbonyl (C=O) groups excluding carboxylic acids is 1. The maximum Gasteiger partial charge on any atom is 0.243 e. The Morgan fingerprint density at radius 3 is 2.64 bits per heavy atom. The van der Waals surface area contributed by atoms with Crippen LogP contribution in [0.3, 0.4) is 0 Å². The molecule has 1 aromatic heterocycles. The van der Waals surface area contributed by atoms with Gasteiger partial charge in [-0.2, -0.15) is 0 Å². The Kier molecular flexibility index (Phi) is 5.46. The number of methoxy groups -OCH3 is 1. The molecule has 3 N–H and O–H groups in total. The second-order valence-electron chi connectivity index (χ2n) is 5.04. The van der Waals surface area contributed by atoms with Crippen molar-refractivity contribution in [2.24, 2.45) is 11.7 Å². The summed E-state index contributed by atoms with van der Waals surface area (Å²) in [6.45, 7) is 3.96. The fourth-order valence-corrected chi connectivity index (χ4v) is 2.58. The van der Waals surface area contributed by atoms with E-state index in [0.29, 0.717) is 5.13 Å². The summed E-state index contributed by atoms with van der Waals surface area (Å²) in [6.07, 6.45) is 0.849. The number of amides is 1. The molecule has 1 heterocycles. The van der Waals surface area contributed by atoms with Gasteiger partial charge in [0.05, 0.1) is 13.2 Å². The molecule has 2 unspecified atom stereocenters. The van der Waals surface area contributed by atoms with Crippen LogP contribution in [0.25, 0.3) is 10.6 Å². The van der Waals surface area contributed by atoms with E-state index in [1.807, 2.05) is 38.1 Å². The lowest BCUT2D eigenvalue weighted by Crippen LogP contribution is -2.40. The largest absolute Gasteiger partial charge is 0.497 e. The van der Waals surface area contributed by atoms with Crippen molar-refractivity contribution >= 4 is 22.4 Å². The van der Waals surface area contributed by atoms with E-state index in [-0.39, 0.29) is 11.8 Å². The predicted molar refractivity (Wildman–Crippen MR) is 88.0 cm³/mol. The highest BCUT2D eigenvalue weighted by atomic mass is 32.1. The van der Waals surface area contributed by atoms with Crippen LogP contribution in [0.5, 0.6) is 5.75 Å². The third-order valence-electron chi connectivity index (χ3n) is 3.55. The van der Waals surface area contributed by atoms with E-state index in [1.54, 1.807) is 7.11 Å². The highest BCUT2D eigenvalue weighted by molar-refractivity contribution is 7.18. The van der Waals surface area contributed by atoms with Crippen LogP contribution in [-0.2, 0) is 4.79 Å². The van der Waals surface area contributed by atoms with Gasteiger partial charge in [0.15, 0.2) is 0 Å². The second kappa shape index (κ2) is 7.33. The van der Waals surface area contributed by atoms with E-state index in [9.17, 15) is 4.79 Å². The maximum atomic E-state index is 12.0. The molecule has 0 saturated carbocycles. The zero-order chi connectivity index (χ0) is 16.1. The molecular weight excluding hydrogens is 300 g/mol. The maximum absolute atomic E-state index is 12.0. The molecule has 118 valence electrons. The van der Waals surface area contributed by atoms with Gasteiger partial charge in [-0.3, -0.25) is 10.1 Å². The lowest BCUT2D eigenvalue weighted by molar-refractivity contribution is -0.118. The quantitative estimate of drug-likeness (QED) is 0.853. The van der Waals surface area contributed by atoms with Crippen LogP contribution in [0.2, 0.25) is 0 Å². The van der Waals surface area contributed by atoms with Gasteiger partial charge in [-0.05, 0) is 30.2 Å². The molecule has 0 saturated heterocycles. The fourth-order valence-electron chi connectivity index (χ4n) is 1.83. The first-order chi connectivity index (χ1) is 10.5. The lowest BCUT2D eigenvalue weighted by Gasteiger charge is -2.16. The first-order valence-corrected chi connectivity index (χ1v) is 7.91. The molecule has 0 aliphatic carbocycles. The molecule has 0 bridgehead atoms. The number of ether oxygens (including phenoxy) is 1. The molecule has 0 spiro atoms. The molecule has 2 atom stereocenters. The summed E-state index contributed by atoms with van der Waals surface area (Å²) in [7, 11) is 1.62. The Labute approximate surface area is 133 Å². The molecule has 6 nitrogen and oxygen atoms in total. The highest BCUT2D eigenvalue weighted by Gasteiger charge is 2.20. The number of hydrogen-bond acceptors (Lipinski definition) is 6. The lowest BCUT2D eigenvalue weighted by atomic mass is 10.00. The normalized spacial score (nSPS) is 13.5. The second-order valence-corrected chi connectivity index (χ2v) is 6.02. The summed E-state index contributed by atoms with van der Waals surface area (Å²) in [6, 6.07) is 6.96. The van der Waals surface area contributed by atoms with Gasteiger partial charge >= 0.3 is 0 Å². The molecule has 1 aromatic carbocycles. The van der Waals surface area contributed by atoms with Crippen molar-refractivity contribution in [3.63, 3.8) is 0 Å². The van der Waals surface area contributed by atoms with Gasteiger partial charge in [0.1, 0.15) is 10.8 Å². The minimum atomic E-state index is -0.543. The molecule has 7 heteroatoms. The number of anilines is 1. The van der Waals surface area contributed by atoms with Crippen molar-refractivity contribution in [2.45, 2.75) is 26.3 Å². The van der Waals surface area contributed by atoms with Crippen molar-refractivity contribution in [3.05, 3.63) is 24.3 Å². The fraction of sp³-hybridized carbons (Fsp3) is 0.400. The Balaban J connectivity index is 2.06. The van der Waals surface area contributed by atoms with Crippen LogP contribution in [0.15, 0.2) is 24.3 Å². The molecule has 2 rings (SSSR count). The summed E-state index contributed by atoms with van der Waals surface area (Å²) in [4.78, 5) is 12.0. The number of hydrogen-bond donors (Lipinski definition) is 2. The van der Waals surface area contributed by atoms with Crippen LogP contribution in [0.1, 0.15) is 20.3 Å². The van der Waals surface area contributed by atoms with Gasteiger partial charge in [0.25, 0.3) is 0 Å². The Hall–Kier alpha value is -1.99. The van der Waals surface area contributed by atoms with Crippen molar-refractivity contribution in [3.8, 4) is 16.3 Å². The van der Waals surface area contributed by atoms with Gasteiger partial charge in [-0.25, -0.2) is 0 Å². The van der Waals surface area contributed by atoms with Crippen molar-refractivity contribution in [2.75, 3.05) is 12.4 Å². The van der Waals surface area contributed by atoms with Crippen LogP contribution in [0, 0.1) is 5.92 Å². The van der Waals surface area contributed by atoms with Crippen LogP contribution in [0.4, 0.5) is 5.13 Å². The Morgan fingerprint density at radius 1 is 1.36 bits per heavy atom. The monoisotopic (exact) mass is 320 g/mol. The molecule has 22 heavy (non-hydrogen) atoms. The molecule has 0 fully saturated rings. The van der Waals surface area contributed by atoms with Crippen molar-refractivity contribution < 1.29 is 9.53 Å². The average molecular weight is 320 g/mol. The summed E-state index contributed by atoms with van der Waals surface area (Å²) < 4.78 is 5.12. The van der Waals surface area contributed by atoms with E-state index in [2.05, 4.69) is 15.5 Å². The van der Waals surface area contributed by atoms with Crippen LogP contribution in [-0.4, -0.2) is 29.3 Å². The minimum absolute atomic E-state index is 0.119. The van der Waals surface area contributed by atoms with Crippen molar-refractivity contribution in [1.82, 2.24) is 10.2 Å². The van der Waals surface area contributed by atoms with E-state index >= 15 is 0 Å². The number of nitrogens with one attached hydrogen (secondary N) is 1. The molecule has 0 aliphatic rings. The minimum Gasteiger partial charge on any atom is -0.497 e. The SMILES string of the molecule is CCC(C)C(N)C(=O)Nc1nnc(-c2ccc(OC)cc2)s1. The summed E-state index contributed by atoms with van der Waals surface area (Å²) in [5.41, 5.74) is 6.82. The van der Waals surface area contributed by atoms with Gasteiger partial charge in [-0.1, -0.05) is 31.6 Å². The highest BCUT2D eigenvalue weighted by Crippen LogP contribution is 2.27. The molecule has 0 radical (unpaired) electrons. The van der Waals surface area contributed by atoms with Gasteiger partial charge in [-0.15, -0.1) is 10.2 Å². The summed E-state index contributed by atoms with van der Waals surface area (Å²) in [5.74, 6) is 0.669. The van der Waals surface area contributed by atoms with Gasteiger partial charge < -0.3 is 10.5 Å². The Morgan fingerprint density at radius 2 is 2.05 bits per heavy atom. The number of nitrogens with two attached hydrogens (primary N) is 1. The van der Waals surface area contributed by atoms with E-state index in [0.717, 1.165) is 22.7 Å². The molecule has 2 aromatic rings. The molecule has 0 aliphatic heterocycles. The average Bonchev–Trinajstić information content (AvgIpc) is 3.01. The molecule has 1 amide bonds. The number of rotatable bonds is 6. The number of nitrogens with zero attached hydrogens (tertiary/aromatic N) is 2. The third kappa shape index (κ3) is 3.80. The van der Waals surface area contributed by atoms with Crippen LogP contribution >= 0.6 is 11.3 Å². The van der Waals surface area contributed by atoms with E-state index in [1.165, 1.54) is 11.3 Å². The first-order valence-electron chi connectivity index (χ1n) is 7.09. The van der Waals surface area contributed by atoms with Crippen LogP contribution < -0.4 is 15.8 Å². The van der Waals surface area contributed by atoms with E-state index < -0.39 is 6.04 Å². The summed E-state index contributed by atoms with van der Waals surface area (Å²) >= 11 is 1.31. The molecular formula is C15H20N4O2S. The standard InChI is InChI=1S/C15H20N4O2S/c1-4-9(2)12(16)13(20)17-15-19-18-14(22-15)10-5-7-11(21-3)8-6-10/h5-9,12H,4,16H2,1-3H3,(H,17,19,20). The number of carbonyl (C=O) groups is 1. The third-order valence-corrected chi connectivity index (χ3v) is 4.44. The first kappa shape index (κ1) is 16.4. The zero-order valence-electron chi connectivity index (χ0n) is 12.9. The number of benzene rings is 1. The van der Waals surface area contributed by atoms with Gasteiger partial charge in [0.2, 0.25) is 11.0 Å². The zero-order valence-corrected chi connectivity index (χ0v) is 13.7. The Bertz CT molecular complexity index is 627. The predicted octanol–water partition coefficient (Wildman–Crippen LogP) is 2.53. The van der Waals surface area contributed by atoms with E-state index in [4.69, 9.17) is 10.5 Å². The van der Waals surface area contributed by atoms with Gasteiger partial charge in [0, 0.05) is 5.56 Å². The summed E-state index contributed by atoms with van der Waals surface area (Å²) in [5, 5.41) is 12.0. The topological polar surface area (TPSA) is 90.1 Å². The smallest absolute Gasteiger partial charge is 0.243 e. The van der Waals surface area contributed by atoms with Crippen molar-refractivity contribution in [1.29, 1.82) is 0 Å².